The van der Waals surface area contributed by atoms with Gasteiger partial charge in [-0.15, -0.1) is 0 Å². The van der Waals surface area contributed by atoms with E-state index >= 15 is 0 Å². The number of hydrogen-bond acceptors (Lipinski definition) is 5. The van der Waals surface area contributed by atoms with Crippen molar-refractivity contribution in [3.63, 3.8) is 0 Å². The first-order valence-electron chi connectivity index (χ1n) is 1.77. The summed E-state index contributed by atoms with van der Waals surface area (Å²) in [6.45, 7) is 0. The summed E-state index contributed by atoms with van der Waals surface area (Å²) in [6, 6.07) is 0. The first kappa shape index (κ1) is 13.0. The van der Waals surface area contributed by atoms with Crippen LogP contribution in [0.25, 0.3) is 0 Å². The molecule has 0 rings (SSSR count). The summed E-state index contributed by atoms with van der Waals surface area (Å²) in [5, 5.41) is 7.70. The average molecular weight is 229 g/mol. The van der Waals surface area contributed by atoms with Crippen LogP contribution in [0.1, 0.15) is 0 Å². The summed E-state index contributed by atoms with van der Waals surface area (Å²) in [6.07, 6.45) is 0. The normalized spacial score (nSPS) is 9.55. The second kappa shape index (κ2) is 4.27. The topological polar surface area (TPSA) is 118 Å². The fourth-order valence-electron chi connectivity index (χ4n) is 0.131. The van der Waals surface area contributed by atoms with E-state index in [-0.39, 0.29) is 16.5 Å². The molecule has 0 saturated heterocycles. The molecular formula is C2H2NiO7S. The van der Waals surface area contributed by atoms with E-state index in [1.807, 2.05) is 0 Å². The Morgan fingerprint density at radius 1 is 1.27 bits per heavy atom. The summed E-state index contributed by atoms with van der Waals surface area (Å²) in [5.41, 5.74) is 0. The maximum Gasteiger partial charge on any atom is 0.449 e. The molecule has 0 radical (unpaired) electrons. The monoisotopic (exact) mass is 228 g/mol. The van der Waals surface area contributed by atoms with Crippen LogP contribution in [0.4, 0.5) is 0 Å². The molecule has 0 fully saturated rings. The third kappa shape index (κ3) is 7.24. The van der Waals surface area contributed by atoms with Crippen LogP contribution in [0.15, 0.2) is 0 Å². The molecule has 0 heterocycles. The number of carbonyl (C=O) groups is 2. The molecular weight excluding hydrogens is 227 g/mol. The number of rotatable bonds is 1. The van der Waals surface area contributed by atoms with Gasteiger partial charge in [0, 0.05) is 16.5 Å². The van der Waals surface area contributed by atoms with Crippen molar-refractivity contribution in [3.05, 3.63) is 0 Å². The number of hydrogen-bond donors (Lipinski definition) is 2. The smallest absolute Gasteiger partial charge is 0.449 e. The van der Waals surface area contributed by atoms with Gasteiger partial charge in [-0.3, -0.25) is 4.55 Å². The zero-order valence-corrected chi connectivity index (χ0v) is 6.46. The van der Waals surface area contributed by atoms with Crippen molar-refractivity contribution in [1.29, 1.82) is 0 Å². The molecule has 0 aliphatic heterocycles. The Morgan fingerprint density at radius 2 is 1.64 bits per heavy atom. The Labute approximate surface area is 71.2 Å². The van der Waals surface area contributed by atoms with Gasteiger partial charge in [0.15, 0.2) is 0 Å². The first-order chi connectivity index (χ1) is 4.33. The van der Waals surface area contributed by atoms with Crippen molar-refractivity contribution in [1.82, 2.24) is 0 Å². The van der Waals surface area contributed by atoms with E-state index in [0.29, 0.717) is 0 Å². The number of carboxylic acid groups (broad SMARTS) is 1. The minimum absolute atomic E-state index is 0. The standard InChI is InChI=1S/C2H2O7S.Ni/c3-1(4)2(5)9-10(6,7)8;/h(H,3,4)(H,6,7,8);. The SMILES string of the molecule is O=C(O)C(=O)OS(=O)(=O)O.[Ni]. The van der Waals surface area contributed by atoms with E-state index in [0.717, 1.165) is 0 Å². The fourth-order valence-corrected chi connectivity index (χ4v) is 0.394. The Kier molecular flexibility index (Phi) is 5.03. The number of aliphatic carboxylic acids is 1. The van der Waals surface area contributed by atoms with Gasteiger partial charge in [0.1, 0.15) is 0 Å². The quantitative estimate of drug-likeness (QED) is 0.316. The van der Waals surface area contributed by atoms with Crippen molar-refractivity contribution in [2.24, 2.45) is 0 Å². The van der Waals surface area contributed by atoms with Crippen LogP contribution in [0.5, 0.6) is 0 Å². The van der Waals surface area contributed by atoms with E-state index < -0.39 is 22.3 Å². The van der Waals surface area contributed by atoms with Crippen molar-refractivity contribution in [2.75, 3.05) is 0 Å². The third-order valence-electron chi connectivity index (χ3n) is 0.356. The van der Waals surface area contributed by atoms with Crippen molar-refractivity contribution >= 4 is 22.3 Å². The molecule has 68 valence electrons. The molecule has 0 aromatic heterocycles. The molecule has 7 nitrogen and oxygen atoms in total. The van der Waals surface area contributed by atoms with Crippen LogP contribution in [0.2, 0.25) is 0 Å². The van der Waals surface area contributed by atoms with Gasteiger partial charge in [-0.2, -0.15) is 8.42 Å². The van der Waals surface area contributed by atoms with Gasteiger partial charge in [-0.1, -0.05) is 0 Å². The van der Waals surface area contributed by atoms with Crippen LogP contribution in [0.3, 0.4) is 0 Å². The van der Waals surface area contributed by atoms with Gasteiger partial charge in [-0.05, 0) is 0 Å². The van der Waals surface area contributed by atoms with E-state index in [2.05, 4.69) is 4.18 Å². The van der Waals surface area contributed by atoms with Gasteiger partial charge in [0.25, 0.3) is 0 Å². The molecule has 0 aromatic carbocycles. The third-order valence-corrected chi connectivity index (χ3v) is 0.718. The van der Waals surface area contributed by atoms with Gasteiger partial charge in [-0.25, -0.2) is 9.59 Å². The largest absolute Gasteiger partial charge is 0.473 e. The first-order valence-corrected chi connectivity index (χ1v) is 3.13. The number of carboxylic acids is 1. The molecule has 0 saturated carbocycles. The van der Waals surface area contributed by atoms with E-state index in [1.54, 1.807) is 0 Å². The number of carbonyl (C=O) groups excluding carboxylic acids is 1. The van der Waals surface area contributed by atoms with Crippen LogP contribution in [-0.4, -0.2) is 30.0 Å². The molecule has 0 bridgehead atoms. The van der Waals surface area contributed by atoms with E-state index in [4.69, 9.17) is 9.66 Å². The van der Waals surface area contributed by atoms with Gasteiger partial charge in [0.05, 0.1) is 0 Å². The van der Waals surface area contributed by atoms with E-state index in [9.17, 15) is 18.0 Å². The Hall–Kier alpha value is -0.656. The zero-order valence-electron chi connectivity index (χ0n) is 4.66. The van der Waals surface area contributed by atoms with Crippen LogP contribution in [0, 0.1) is 0 Å². The van der Waals surface area contributed by atoms with Crippen LogP contribution in [-0.2, 0) is 40.7 Å². The maximum atomic E-state index is 9.80. The molecule has 11 heavy (non-hydrogen) atoms. The summed E-state index contributed by atoms with van der Waals surface area (Å²) < 4.78 is 29.9. The molecule has 0 unspecified atom stereocenters. The molecule has 0 atom stereocenters. The second-order valence-electron chi connectivity index (χ2n) is 1.10. The zero-order chi connectivity index (χ0) is 8.36. The minimum Gasteiger partial charge on any atom is -0.473 e. The molecule has 2 N–H and O–H groups in total. The van der Waals surface area contributed by atoms with Crippen molar-refractivity contribution in [3.8, 4) is 0 Å². The second-order valence-corrected chi connectivity index (χ2v) is 2.13. The summed E-state index contributed by atoms with van der Waals surface area (Å²) in [4.78, 5) is 19.3. The Morgan fingerprint density at radius 3 is 1.73 bits per heavy atom. The van der Waals surface area contributed by atoms with Gasteiger partial charge < -0.3 is 9.29 Å². The Balaban J connectivity index is 0. The maximum absolute atomic E-state index is 9.80. The fraction of sp³-hybridized carbons (Fsp3) is 0. The molecule has 9 heteroatoms. The van der Waals surface area contributed by atoms with Gasteiger partial charge in [0.2, 0.25) is 0 Å². The van der Waals surface area contributed by atoms with Crippen molar-refractivity contribution < 1.29 is 48.3 Å². The van der Waals surface area contributed by atoms with Crippen LogP contribution >= 0.6 is 0 Å². The summed E-state index contributed by atoms with van der Waals surface area (Å²) in [7, 11) is -5.00. The molecule has 0 spiro atoms. The molecule has 0 amide bonds. The van der Waals surface area contributed by atoms with Crippen LogP contribution < -0.4 is 0 Å². The molecule has 0 aromatic rings. The average Bonchev–Trinajstić information content (AvgIpc) is 1.60. The summed E-state index contributed by atoms with van der Waals surface area (Å²) in [5.74, 6) is -4.15. The predicted molar refractivity (Wildman–Crippen MR) is 25.3 cm³/mol. The van der Waals surface area contributed by atoms with Crippen molar-refractivity contribution in [2.45, 2.75) is 0 Å². The predicted octanol–water partition coefficient (Wildman–Crippen LogP) is -1.59. The molecule has 0 aliphatic carbocycles. The minimum atomic E-state index is -5.00. The van der Waals surface area contributed by atoms with Gasteiger partial charge >= 0.3 is 22.3 Å². The molecule has 0 aliphatic rings. The summed E-state index contributed by atoms with van der Waals surface area (Å²) >= 11 is 0. The Bertz CT molecular complexity index is 252. The van der Waals surface area contributed by atoms with E-state index in [1.165, 1.54) is 0 Å².